The Morgan fingerprint density at radius 3 is 2.55 bits per heavy atom. The highest BCUT2D eigenvalue weighted by atomic mass is 32.1. The van der Waals surface area contributed by atoms with E-state index in [1.165, 1.54) is 14.0 Å². The molecule has 4 aromatic rings. The number of rotatable bonds is 6. The molecule has 0 saturated heterocycles. The summed E-state index contributed by atoms with van der Waals surface area (Å²) in [5.41, 5.74) is 2.83. The fourth-order valence-electron chi connectivity index (χ4n) is 3.56. The Morgan fingerprint density at radius 1 is 1.12 bits per heavy atom. The fraction of sp³-hybridized carbons (Fsp3) is 0.250. The molecule has 9 heteroatoms. The summed E-state index contributed by atoms with van der Waals surface area (Å²) in [7, 11) is 1.53. The SMILES string of the molecule is COc1ccc(NC(C)=O)cc1NC(=O)c1cc(-c2ccc(C)s2)nc2c1cnn2C(C)C. The lowest BCUT2D eigenvalue weighted by Gasteiger charge is -2.14. The van der Waals surface area contributed by atoms with Crippen molar-refractivity contribution in [1.82, 2.24) is 14.8 Å². The zero-order valence-electron chi connectivity index (χ0n) is 19.1. The number of methoxy groups -OCH3 is 1. The van der Waals surface area contributed by atoms with Gasteiger partial charge < -0.3 is 15.4 Å². The standard InChI is InChI=1S/C24H25N5O3S/c1-13(2)29-23-18(12-25-29)17(11-20(27-23)22-9-6-14(3)33-22)24(31)28-19-10-16(26-15(4)30)7-8-21(19)32-5/h6-13H,1-5H3,(H,26,30)(H,28,31). The molecule has 0 aliphatic heterocycles. The predicted octanol–water partition coefficient (Wildman–Crippen LogP) is 5.27. The minimum Gasteiger partial charge on any atom is -0.495 e. The number of carbonyl (C=O) groups excluding carboxylic acids is 2. The highest BCUT2D eigenvalue weighted by Crippen LogP contribution is 2.32. The van der Waals surface area contributed by atoms with Crippen LogP contribution in [-0.2, 0) is 4.79 Å². The summed E-state index contributed by atoms with van der Waals surface area (Å²) in [6.45, 7) is 7.51. The smallest absolute Gasteiger partial charge is 0.256 e. The molecule has 0 aliphatic carbocycles. The topological polar surface area (TPSA) is 98.1 Å². The summed E-state index contributed by atoms with van der Waals surface area (Å²) in [4.78, 5) is 31.9. The van der Waals surface area contributed by atoms with Gasteiger partial charge in [-0.3, -0.25) is 9.59 Å². The van der Waals surface area contributed by atoms with Crippen LogP contribution in [0, 0.1) is 6.92 Å². The molecular formula is C24H25N5O3S. The first-order valence-electron chi connectivity index (χ1n) is 10.5. The normalized spacial score (nSPS) is 11.1. The molecule has 3 heterocycles. The predicted molar refractivity (Wildman–Crippen MR) is 131 cm³/mol. The van der Waals surface area contributed by atoms with E-state index in [-0.39, 0.29) is 17.9 Å². The largest absolute Gasteiger partial charge is 0.495 e. The van der Waals surface area contributed by atoms with Gasteiger partial charge in [0, 0.05) is 23.5 Å². The monoisotopic (exact) mass is 463 g/mol. The van der Waals surface area contributed by atoms with Gasteiger partial charge in [-0.2, -0.15) is 5.10 Å². The molecule has 33 heavy (non-hydrogen) atoms. The van der Waals surface area contributed by atoms with E-state index in [4.69, 9.17) is 9.72 Å². The molecular weight excluding hydrogens is 438 g/mol. The molecule has 0 fully saturated rings. The number of hydrogen-bond donors (Lipinski definition) is 2. The van der Waals surface area contributed by atoms with Crippen molar-refractivity contribution in [1.29, 1.82) is 0 Å². The summed E-state index contributed by atoms with van der Waals surface area (Å²) >= 11 is 1.62. The van der Waals surface area contributed by atoms with Crippen LogP contribution in [0.15, 0.2) is 42.6 Å². The summed E-state index contributed by atoms with van der Waals surface area (Å²) in [6.07, 6.45) is 1.67. The second-order valence-corrected chi connectivity index (χ2v) is 9.22. The van der Waals surface area contributed by atoms with E-state index in [2.05, 4.69) is 15.7 Å². The highest BCUT2D eigenvalue weighted by Gasteiger charge is 2.20. The average molecular weight is 464 g/mol. The van der Waals surface area contributed by atoms with Crippen molar-refractivity contribution in [3.05, 3.63) is 53.0 Å². The van der Waals surface area contributed by atoms with E-state index in [1.54, 1.807) is 41.8 Å². The van der Waals surface area contributed by atoms with Gasteiger partial charge in [-0.15, -0.1) is 11.3 Å². The number of thiophene rings is 1. The Morgan fingerprint density at radius 2 is 1.91 bits per heavy atom. The number of aromatic nitrogens is 3. The number of nitrogens with one attached hydrogen (secondary N) is 2. The van der Waals surface area contributed by atoms with E-state index >= 15 is 0 Å². The van der Waals surface area contributed by atoms with Crippen LogP contribution >= 0.6 is 11.3 Å². The Balaban J connectivity index is 1.80. The van der Waals surface area contributed by atoms with Crippen LogP contribution in [0.2, 0.25) is 0 Å². The van der Waals surface area contributed by atoms with Gasteiger partial charge in [0.1, 0.15) is 5.75 Å². The quantitative estimate of drug-likeness (QED) is 0.406. The first-order valence-corrected chi connectivity index (χ1v) is 11.3. The Labute approximate surface area is 195 Å². The lowest BCUT2D eigenvalue weighted by molar-refractivity contribution is -0.114. The van der Waals surface area contributed by atoms with Crippen molar-refractivity contribution in [2.24, 2.45) is 0 Å². The van der Waals surface area contributed by atoms with Gasteiger partial charge in [0.05, 0.1) is 40.5 Å². The van der Waals surface area contributed by atoms with Crippen LogP contribution in [-0.4, -0.2) is 33.7 Å². The molecule has 170 valence electrons. The van der Waals surface area contributed by atoms with Crippen molar-refractivity contribution in [3.8, 4) is 16.3 Å². The summed E-state index contributed by atoms with van der Waals surface area (Å²) in [5.74, 6) is -0.0430. The van der Waals surface area contributed by atoms with Crippen molar-refractivity contribution >= 4 is 45.6 Å². The van der Waals surface area contributed by atoms with E-state index in [1.807, 2.05) is 37.6 Å². The zero-order valence-corrected chi connectivity index (χ0v) is 19.9. The molecule has 0 aliphatic rings. The molecule has 8 nitrogen and oxygen atoms in total. The molecule has 0 atom stereocenters. The number of benzene rings is 1. The average Bonchev–Trinajstić information content (AvgIpc) is 3.39. The lowest BCUT2D eigenvalue weighted by atomic mass is 10.1. The van der Waals surface area contributed by atoms with E-state index < -0.39 is 0 Å². The Kier molecular flexibility index (Phi) is 6.15. The number of anilines is 2. The molecule has 1 aromatic carbocycles. The lowest BCUT2D eigenvalue weighted by Crippen LogP contribution is -2.15. The third-order valence-electron chi connectivity index (χ3n) is 5.06. The molecule has 3 aromatic heterocycles. The maximum atomic E-state index is 13.5. The van der Waals surface area contributed by atoms with E-state index in [0.717, 1.165) is 9.75 Å². The first-order chi connectivity index (χ1) is 15.8. The van der Waals surface area contributed by atoms with Crippen LogP contribution in [0.1, 0.15) is 42.0 Å². The highest BCUT2D eigenvalue weighted by molar-refractivity contribution is 7.15. The number of nitrogens with zero attached hydrogens (tertiary/aromatic N) is 3. The maximum Gasteiger partial charge on any atom is 0.256 e. The summed E-state index contributed by atoms with van der Waals surface area (Å²) in [5, 5.41) is 10.8. The molecule has 0 unspecified atom stereocenters. The third kappa shape index (κ3) is 4.58. The fourth-order valence-corrected chi connectivity index (χ4v) is 4.39. The van der Waals surface area contributed by atoms with Gasteiger partial charge in [0.2, 0.25) is 5.91 Å². The van der Waals surface area contributed by atoms with Crippen molar-refractivity contribution in [2.45, 2.75) is 33.7 Å². The number of fused-ring (bicyclic) bond motifs is 1. The molecule has 0 spiro atoms. The van der Waals surface area contributed by atoms with Crippen LogP contribution in [0.25, 0.3) is 21.6 Å². The molecule has 0 bridgehead atoms. The van der Waals surface area contributed by atoms with Gasteiger partial charge in [0.25, 0.3) is 5.91 Å². The second-order valence-electron chi connectivity index (χ2n) is 7.94. The van der Waals surface area contributed by atoms with Crippen LogP contribution in [0.3, 0.4) is 0 Å². The van der Waals surface area contributed by atoms with Gasteiger partial charge in [-0.05, 0) is 57.2 Å². The van der Waals surface area contributed by atoms with Gasteiger partial charge in [-0.1, -0.05) is 0 Å². The first kappa shape index (κ1) is 22.5. The number of aryl methyl sites for hydroxylation is 1. The zero-order chi connectivity index (χ0) is 23.7. The number of pyridine rings is 1. The number of hydrogen-bond acceptors (Lipinski definition) is 6. The Hall–Kier alpha value is -3.72. The molecule has 4 rings (SSSR count). The van der Waals surface area contributed by atoms with Crippen LogP contribution in [0.5, 0.6) is 5.75 Å². The van der Waals surface area contributed by atoms with Gasteiger partial charge >= 0.3 is 0 Å². The van der Waals surface area contributed by atoms with Crippen LogP contribution < -0.4 is 15.4 Å². The van der Waals surface area contributed by atoms with Crippen LogP contribution in [0.4, 0.5) is 11.4 Å². The second kappa shape index (κ2) is 9.03. The third-order valence-corrected chi connectivity index (χ3v) is 6.08. The number of carbonyl (C=O) groups is 2. The van der Waals surface area contributed by atoms with Gasteiger partial charge in [0.15, 0.2) is 5.65 Å². The van der Waals surface area contributed by atoms with Crippen molar-refractivity contribution in [2.75, 3.05) is 17.7 Å². The molecule has 0 saturated carbocycles. The van der Waals surface area contributed by atoms with E-state index in [9.17, 15) is 9.59 Å². The van der Waals surface area contributed by atoms with E-state index in [0.29, 0.717) is 39.4 Å². The molecule has 0 radical (unpaired) electrons. The Bertz CT molecular complexity index is 1360. The van der Waals surface area contributed by atoms with Crippen molar-refractivity contribution in [3.63, 3.8) is 0 Å². The summed E-state index contributed by atoms with van der Waals surface area (Å²) in [6, 6.07) is 11.0. The minimum absolute atomic E-state index is 0.0839. The minimum atomic E-state index is -0.321. The number of amides is 2. The van der Waals surface area contributed by atoms with Crippen molar-refractivity contribution < 1.29 is 14.3 Å². The maximum absolute atomic E-state index is 13.5. The number of ether oxygens (including phenoxy) is 1. The molecule has 2 N–H and O–H groups in total. The molecule has 2 amide bonds. The summed E-state index contributed by atoms with van der Waals surface area (Å²) < 4.78 is 7.22. The van der Waals surface area contributed by atoms with Gasteiger partial charge in [-0.25, -0.2) is 9.67 Å².